The predicted molar refractivity (Wildman–Crippen MR) is 80.8 cm³/mol. The zero-order valence-corrected chi connectivity index (χ0v) is 13.2. The number of likely N-dealkylation sites (tertiary alicyclic amines) is 1. The standard InChI is InChI=1S/C15H20BrFN2O/c1-11(15(20)19-7-3-2-4-8-19)18-10-12-5-6-13(16)9-14(12)17/h5-6,9,11,18H,2-4,7-8,10H2,1H3. The Labute approximate surface area is 127 Å². The normalized spacial score (nSPS) is 17.1. The van der Waals surface area contributed by atoms with E-state index in [1.165, 1.54) is 12.5 Å². The molecule has 5 heteroatoms. The maximum absolute atomic E-state index is 13.7. The molecule has 1 saturated heterocycles. The molecule has 1 fully saturated rings. The number of benzene rings is 1. The van der Waals surface area contributed by atoms with Gasteiger partial charge in [0.05, 0.1) is 6.04 Å². The van der Waals surface area contributed by atoms with Crippen LogP contribution in [-0.4, -0.2) is 29.9 Å². The van der Waals surface area contributed by atoms with Crippen molar-refractivity contribution in [2.75, 3.05) is 13.1 Å². The summed E-state index contributed by atoms with van der Waals surface area (Å²) in [6.45, 7) is 3.89. The minimum atomic E-state index is -0.281. The summed E-state index contributed by atoms with van der Waals surface area (Å²) in [6.07, 6.45) is 3.37. The van der Waals surface area contributed by atoms with Crippen LogP contribution in [0.25, 0.3) is 0 Å². The molecule has 1 aliphatic heterocycles. The van der Waals surface area contributed by atoms with Gasteiger partial charge in [0.25, 0.3) is 0 Å². The van der Waals surface area contributed by atoms with Crippen LogP contribution in [-0.2, 0) is 11.3 Å². The molecule has 0 radical (unpaired) electrons. The Hall–Kier alpha value is -0.940. The maximum Gasteiger partial charge on any atom is 0.239 e. The lowest BCUT2D eigenvalue weighted by Gasteiger charge is -2.29. The minimum Gasteiger partial charge on any atom is -0.341 e. The van der Waals surface area contributed by atoms with Gasteiger partial charge in [-0.25, -0.2) is 4.39 Å². The van der Waals surface area contributed by atoms with Gasteiger partial charge in [0.15, 0.2) is 0 Å². The molecule has 0 spiro atoms. The summed E-state index contributed by atoms with van der Waals surface area (Å²) in [5.41, 5.74) is 0.575. The third kappa shape index (κ3) is 4.03. The molecule has 0 aliphatic carbocycles. The zero-order chi connectivity index (χ0) is 14.5. The Kier molecular flexibility index (Phi) is 5.54. The zero-order valence-electron chi connectivity index (χ0n) is 11.7. The predicted octanol–water partition coefficient (Wildman–Crippen LogP) is 3.08. The van der Waals surface area contributed by atoms with Gasteiger partial charge >= 0.3 is 0 Å². The highest BCUT2D eigenvalue weighted by Crippen LogP contribution is 2.15. The fourth-order valence-electron chi connectivity index (χ4n) is 2.40. The van der Waals surface area contributed by atoms with Gasteiger partial charge in [0, 0.05) is 29.7 Å². The Morgan fingerprint density at radius 3 is 2.75 bits per heavy atom. The number of carbonyl (C=O) groups is 1. The Balaban J connectivity index is 1.87. The quantitative estimate of drug-likeness (QED) is 0.911. The molecular weight excluding hydrogens is 323 g/mol. The number of piperidine rings is 1. The second-order valence-electron chi connectivity index (χ2n) is 5.22. The van der Waals surface area contributed by atoms with Crippen molar-refractivity contribution in [1.82, 2.24) is 10.2 Å². The van der Waals surface area contributed by atoms with Gasteiger partial charge in [-0.3, -0.25) is 4.79 Å². The first kappa shape index (κ1) is 15.4. The van der Waals surface area contributed by atoms with Gasteiger partial charge in [-0.1, -0.05) is 22.0 Å². The highest BCUT2D eigenvalue weighted by Gasteiger charge is 2.21. The van der Waals surface area contributed by atoms with Gasteiger partial charge in [-0.15, -0.1) is 0 Å². The molecule has 110 valence electrons. The number of hydrogen-bond donors (Lipinski definition) is 1. The van der Waals surface area contributed by atoms with E-state index in [9.17, 15) is 9.18 Å². The van der Waals surface area contributed by atoms with E-state index in [0.717, 1.165) is 30.4 Å². The average molecular weight is 343 g/mol. The molecule has 1 atom stereocenters. The summed E-state index contributed by atoms with van der Waals surface area (Å²) in [7, 11) is 0. The Morgan fingerprint density at radius 2 is 2.10 bits per heavy atom. The second kappa shape index (κ2) is 7.18. The van der Waals surface area contributed by atoms with Crippen LogP contribution in [0.15, 0.2) is 22.7 Å². The van der Waals surface area contributed by atoms with Crippen molar-refractivity contribution < 1.29 is 9.18 Å². The third-order valence-electron chi connectivity index (χ3n) is 3.65. The summed E-state index contributed by atoms with van der Waals surface area (Å²) in [5, 5.41) is 3.11. The molecule has 1 unspecified atom stereocenters. The number of hydrogen-bond acceptors (Lipinski definition) is 2. The van der Waals surface area contributed by atoms with Crippen molar-refractivity contribution in [3.8, 4) is 0 Å². The molecule has 0 bridgehead atoms. The Bertz CT molecular complexity index is 475. The Morgan fingerprint density at radius 1 is 1.40 bits per heavy atom. The lowest BCUT2D eigenvalue weighted by atomic mass is 10.1. The fraction of sp³-hybridized carbons (Fsp3) is 0.533. The largest absolute Gasteiger partial charge is 0.341 e. The van der Waals surface area contributed by atoms with Gasteiger partial charge in [0.1, 0.15) is 5.82 Å². The third-order valence-corrected chi connectivity index (χ3v) is 4.15. The van der Waals surface area contributed by atoms with Gasteiger partial charge in [0.2, 0.25) is 5.91 Å². The molecule has 1 N–H and O–H groups in total. The van der Waals surface area contributed by atoms with Crippen molar-refractivity contribution in [3.05, 3.63) is 34.1 Å². The number of nitrogens with zero attached hydrogens (tertiary/aromatic N) is 1. The molecule has 20 heavy (non-hydrogen) atoms. The topological polar surface area (TPSA) is 32.3 Å². The van der Waals surface area contributed by atoms with E-state index < -0.39 is 0 Å². The number of carbonyl (C=O) groups excluding carboxylic acids is 1. The van der Waals surface area contributed by atoms with E-state index >= 15 is 0 Å². The molecule has 1 amide bonds. The van der Waals surface area contributed by atoms with Crippen molar-refractivity contribution >= 4 is 21.8 Å². The molecule has 3 nitrogen and oxygen atoms in total. The molecule has 0 saturated carbocycles. The van der Waals surface area contributed by atoms with E-state index in [1.54, 1.807) is 12.1 Å². The molecule has 1 aromatic rings. The van der Waals surface area contributed by atoms with Crippen molar-refractivity contribution in [1.29, 1.82) is 0 Å². The fourth-order valence-corrected chi connectivity index (χ4v) is 2.74. The molecular formula is C15H20BrFN2O. The maximum atomic E-state index is 13.7. The summed E-state index contributed by atoms with van der Waals surface area (Å²) < 4.78 is 14.4. The summed E-state index contributed by atoms with van der Waals surface area (Å²) >= 11 is 3.23. The van der Waals surface area contributed by atoms with Crippen LogP contribution >= 0.6 is 15.9 Å². The van der Waals surface area contributed by atoms with Crippen LogP contribution in [0.1, 0.15) is 31.7 Å². The molecule has 1 aliphatic rings. The number of nitrogens with one attached hydrogen (secondary N) is 1. The summed E-state index contributed by atoms with van der Waals surface area (Å²) in [4.78, 5) is 14.1. The van der Waals surface area contributed by atoms with Gasteiger partial charge in [-0.05, 0) is 38.3 Å². The van der Waals surface area contributed by atoms with E-state index in [0.29, 0.717) is 12.1 Å². The van der Waals surface area contributed by atoms with Crippen molar-refractivity contribution in [2.24, 2.45) is 0 Å². The first-order chi connectivity index (χ1) is 9.58. The lowest BCUT2D eigenvalue weighted by molar-refractivity contribution is -0.133. The first-order valence-corrected chi connectivity index (χ1v) is 7.83. The van der Waals surface area contributed by atoms with Crippen LogP contribution in [0.4, 0.5) is 4.39 Å². The molecule has 2 rings (SSSR count). The smallest absolute Gasteiger partial charge is 0.239 e. The van der Waals surface area contributed by atoms with Crippen LogP contribution in [0.5, 0.6) is 0 Å². The van der Waals surface area contributed by atoms with Crippen LogP contribution in [0.2, 0.25) is 0 Å². The SMILES string of the molecule is CC(NCc1ccc(Br)cc1F)C(=O)N1CCCCC1. The molecule has 1 aromatic carbocycles. The second-order valence-corrected chi connectivity index (χ2v) is 6.14. The van der Waals surface area contributed by atoms with Crippen LogP contribution in [0.3, 0.4) is 0 Å². The average Bonchev–Trinajstić information content (AvgIpc) is 2.46. The van der Waals surface area contributed by atoms with Crippen LogP contribution in [0, 0.1) is 5.82 Å². The first-order valence-electron chi connectivity index (χ1n) is 7.04. The van der Waals surface area contributed by atoms with E-state index in [1.807, 2.05) is 11.8 Å². The molecule has 1 heterocycles. The number of halogens is 2. The van der Waals surface area contributed by atoms with Crippen LogP contribution < -0.4 is 5.32 Å². The van der Waals surface area contributed by atoms with E-state index in [2.05, 4.69) is 21.2 Å². The monoisotopic (exact) mass is 342 g/mol. The van der Waals surface area contributed by atoms with Gasteiger partial charge < -0.3 is 10.2 Å². The highest BCUT2D eigenvalue weighted by atomic mass is 79.9. The van der Waals surface area contributed by atoms with Crippen molar-refractivity contribution in [2.45, 2.75) is 38.8 Å². The number of amides is 1. The summed E-state index contributed by atoms with van der Waals surface area (Å²) in [6, 6.07) is 4.69. The molecule has 0 aromatic heterocycles. The highest BCUT2D eigenvalue weighted by molar-refractivity contribution is 9.10. The lowest BCUT2D eigenvalue weighted by Crippen LogP contribution is -2.46. The van der Waals surface area contributed by atoms with Crippen molar-refractivity contribution in [3.63, 3.8) is 0 Å². The number of rotatable bonds is 4. The van der Waals surface area contributed by atoms with E-state index in [-0.39, 0.29) is 17.8 Å². The minimum absolute atomic E-state index is 0.113. The van der Waals surface area contributed by atoms with Gasteiger partial charge in [-0.2, -0.15) is 0 Å². The summed E-state index contributed by atoms with van der Waals surface area (Å²) in [5.74, 6) is -0.147. The van der Waals surface area contributed by atoms with E-state index in [4.69, 9.17) is 0 Å².